The maximum Gasteiger partial charge on any atom is 0.338 e. The molecule has 1 amide bonds. The third-order valence-electron chi connectivity index (χ3n) is 8.96. The van der Waals surface area contributed by atoms with Crippen molar-refractivity contribution in [1.82, 2.24) is 9.55 Å². The Morgan fingerprint density at radius 3 is 2.40 bits per heavy atom. The van der Waals surface area contributed by atoms with Crippen LogP contribution in [0.2, 0.25) is 0 Å². The number of fused-ring (bicyclic) bond motifs is 7. The summed E-state index contributed by atoms with van der Waals surface area (Å²) in [6.07, 6.45) is -0.0469. The first-order valence-corrected chi connectivity index (χ1v) is 13.3. The standard InChI is InChI=1S/C32H27F2N3O3/c1-5-40-30(39)32(27-17(2)19-10-6-8-12-24(19)35-27)16-31(28-18(3)20-11-7-9-13-25(20)37(28)32)21-14-22(33)23(34)15-26(21)36(4)29(31)38/h6-15,35H,5,16H2,1-4H3/t31-,32+/m0/s1. The minimum absolute atomic E-state index is 0.0469. The lowest BCUT2D eigenvalue weighted by Crippen LogP contribution is -2.45. The Hall–Kier alpha value is -4.46. The molecule has 4 heterocycles. The smallest absolute Gasteiger partial charge is 0.338 e. The fourth-order valence-corrected chi connectivity index (χ4v) is 7.33. The summed E-state index contributed by atoms with van der Waals surface area (Å²) in [7, 11) is 1.56. The molecule has 5 aromatic rings. The second-order valence-corrected chi connectivity index (χ2v) is 10.8. The molecule has 6 nitrogen and oxygen atoms in total. The molecule has 0 unspecified atom stereocenters. The molecule has 202 valence electrons. The summed E-state index contributed by atoms with van der Waals surface area (Å²) in [6.45, 7) is 5.74. The maximum atomic E-state index is 14.9. The zero-order valence-corrected chi connectivity index (χ0v) is 22.6. The van der Waals surface area contributed by atoms with Gasteiger partial charge in [0.15, 0.2) is 17.2 Å². The van der Waals surface area contributed by atoms with Crippen LogP contribution < -0.4 is 4.90 Å². The number of nitrogens with one attached hydrogen (secondary N) is 1. The zero-order valence-electron chi connectivity index (χ0n) is 22.6. The SMILES string of the molecule is CCOC(=O)[C@]1(c2[nH]c3ccccc3c2C)C[C@@]2(C(=O)N(C)c3cc(F)c(F)cc32)c2c(C)c3ccccc3n21. The summed E-state index contributed by atoms with van der Waals surface area (Å²) in [6, 6.07) is 17.6. The van der Waals surface area contributed by atoms with Crippen molar-refractivity contribution in [2.24, 2.45) is 0 Å². The average Bonchev–Trinajstić information content (AvgIpc) is 3.62. The fraction of sp³-hybridized carbons (Fsp3) is 0.250. The van der Waals surface area contributed by atoms with E-state index in [1.807, 2.05) is 66.9 Å². The number of halogens is 2. The van der Waals surface area contributed by atoms with Gasteiger partial charge in [0.1, 0.15) is 5.41 Å². The predicted octanol–water partition coefficient (Wildman–Crippen LogP) is 5.99. The van der Waals surface area contributed by atoms with Gasteiger partial charge >= 0.3 is 5.97 Å². The van der Waals surface area contributed by atoms with Crippen molar-refractivity contribution in [3.05, 3.63) is 100 Å². The maximum absolute atomic E-state index is 14.9. The van der Waals surface area contributed by atoms with Crippen molar-refractivity contribution >= 4 is 39.4 Å². The number of rotatable bonds is 3. The number of anilines is 1. The number of para-hydroxylation sites is 2. The number of aromatic amines is 1. The van der Waals surface area contributed by atoms with Gasteiger partial charge in [0.2, 0.25) is 5.91 Å². The van der Waals surface area contributed by atoms with Gasteiger partial charge in [0, 0.05) is 52.6 Å². The van der Waals surface area contributed by atoms with E-state index in [1.54, 1.807) is 14.0 Å². The van der Waals surface area contributed by atoms with Gasteiger partial charge in [-0.25, -0.2) is 13.6 Å². The third-order valence-corrected chi connectivity index (χ3v) is 8.96. The Balaban J connectivity index is 1.69. The van der Waals surface area contributed by atoms with Crippen molar-refractivity contribution in [2.45, 2.75) is 38.1 Å². The molecular weight excluding hydrogens is 512 g/mol. The van der Waals surface area contributed by atoms with Crippen LogP contribution >= 0.6 is 0 Å². The topological polar surface area (TPSA) is 67.3 Å². The molecule has 2 aromatic heterocycles. The molecule has 0 saturated carbocycles. The number of nitrogens with zero attached hydrogens (tertiary/aromatic N) is 2. The van der Waals surface area contributed by atoms with E-state index in [-0.39, 0.29) is 24.6 Å². The third kappa shape index (κ3) is 2.71. The van der Waals surface area contributed by atoms with Crippen molar-refractivity contribution in [3.63, 3.8) is 0 Å². The van der Waals surface area contributed by atoms with Gasteiger partial charge in [0.05, 0.1) is 18.0 Å². The molecule has 40 heavy (non-hydrogen) atoms. The Morgan fingerprint density at radius 2 is 1.68 bits per heavy atom. The van der Waals surface area contributed by atoms with Crippen molar-refractivity contribution in [3.8, 4) is 0 Å². The number of hydrogen-bond donors (Lipinski definition) is 1. The number of carbonyl (C=O) groups excluding carboxylic acids is 2. The number of esters is 1. The van der Waals surface area contributed by atoms with Gasteiger partial charge in [-0.05, 0) is 50.1 Å². The Bertz CT molecular complexity index is 1920. The fourth-order valence-electron chi connectivity index (χ4n) is 7.33. The number of aromatic nitrogens is 2. The number of carbonyl (C=O) groups is 2. The normalized spacial score (nSPS) is 21.6. The Morgan fingerprint density at radius 1 is 1.00 bits per heavy atom. The molecule has 2 atom stereocenters. The summed E-state index contributed by atoms with van der Waals surface area (Å²) in [5.74, 6) is -2.94. The summed E-state index contributed by atoms with van der Waals surface area (Å²) < 4.78 is 37.2. The number of likely N-dealkylation sites (N-methyl/N-ethyl adjacent to an activating group) is 1. The summed E-state index contributed by atoms with van der Waals surface area (Å²) >= 11 is 0. The van der Waals surface area contributed by atoms with E-state index in [4.69, 9.17) is 4.74 Å². The summed E-state index contributed by atoms with van der Waals surface area (Å²) in [4.78, 5) is 33.8. The van der Waals surface area contributed by atoms with E-state index < -0.39 is 28.6 Å². The van der Waals surface area contributed by atoms with Gasteiger partial charge < -0.3 is 19.2 Å². The van der Waals surface area contributed by atoms with Crippen LogP contribution in [0.1, 0.15) is 41.4 Å². The minimum atomic E-state index is -1.49. The van der Waals surface area contributed by atoms with Crippen LogP contribution in [0.4, 0.5) is 14.5 Å². The van der Waals surface area contributed by atoms with Gasteiger partial charge in [0.25, 0.3) is 0 Å². The highest BCUT2D eigenvalue weighted by Gasteiger charge is 2.67. The lowest BCUT2D eigenvalue weighted by atomic mass is 9.71. The van der Waals surface area contributed by atoms with Crippen molar-refractivity contribution in [1.29, 1.82) is 0 Å². The Kier molecular flexibility index (Phi) is 4.94. The van der Waals surface area contributed by atoms with Gasteiger partial charge in [-0.1, -0.05) is 36.4 Å². The number of hydrogen-bond acceptors (Lipinski definition) is 3. The molecule has 8 heteroatoms. The van der Waals surface area contributed by atoms with E-state index in [9.17, 15) is 18.4 Å². The molecule has 7 rings (SSSR count). The molecule has 2 aliphatic rings. The first kappa shape index (κ1) is 24.6. The first-order chi connectivity index (χ1) is 19.2. The van der Waals surface area contributed by atoms with Crippen LogP contribution in [0.3, 0.4) is 0 Å². The van der Waals surface area contributed by atoms with Crippen LogP contribution in [0.25, 0.3) is 21.8 Å². The van der Waals surface area contributed by atoms with E-state index in [2.05, 4.69) is 4.98 Å². The highest BCUT2D eigenvalue weighted by Crippen LogP contribution is 2.61. The average molecular weight is 540 g/mol. The van der Waals surface area contributed by atoms with Crippen LogP contribution in [-0.4, -0.2) is 35.1 Å². The van der Waals surface area contributed by atoms with E-state index in [0.29, 0.717) is 17.0 Å². The van der Waals surface area contributed by atoms with E-state index in [1.165, 1.54) is 4.90 Å². The van der Waals surface area contributed by atoms with Crippen molar-refractivity contribution in [2.75, 3.05) is 18.6 Å². The number of amides is 1. The molecule has 1 spiro atoms. The first-order valence-electron chi connectivity index (χ1n) is 13.3. The van der Waals surface area contributed by atoms with E-state index in [0.717, 1.165) is 45.1 Å². The van der Waals surface area contributed by atoms with Crippen LogP contribution in [0.5, 0.6) is 0 Å². The van der Waals surface area contributed by atoms with Gasteiger partial charge in [-0.15, -0.1) is 0 Å². The molecule has 0 bridgehead atoms. The quantitative estimate of drug-likeness (QED) is 0.287. The van der Waals surface area contributed by atoms with E-state index >= 15 is 0 Å². The molecule has 0 saturated heterocycles. The number of H-pyrrole nitrogens is 1. The minimum Gasteiger partial charge on any atom is -0.464 e. The van der Waals surface area contributed by atoms with Crippen LogP contribution in [-0.2, 0) is 25.3 Å². The molecule has 3 aromatic carbocycles. The summed E-state index contributed by atoms with van der Waals surface area (Å²) in [5.41, 5.74) is 2.12. The number of ether oxygens (including phenoxy) is 1. The zero-order chi connectivity index (χ0) is 28.1. The number of benzene rings is 3. The van der Waals surface area contributed by atoms with Crippen molar-refractivity contribution < 1.29 is 23.1 Å². The lowest BCUT2D eigenvalue weighted by molar-refractivity contribution is -0.151. The number of aryl methyl sites for hydroxylation is 2. The molecular formula is C32H27F2N3O3. The second kappa shape index (κ2) is 8.03. The molecule has 1 N–H and O–H groups in total. The highest BCUT2D eigenvalue weighted by atomic mass is 19.2. The lowest BCUT2D eigenvalue weighted by Gasteiger charge is -2.32. The largest absolute Gasteiger partial charge is 0.464 e. The van der Waals surface area contributed by atoms with Crippen LogP contribution in [0, 0.1) is 25.5 Å². The van der Waals surface area contributed by atoms with Crippen LogP contribution in [0.15, 0.2) is 60.7 Å². The highest BCUT2D eigenvalue weighted by molar-refractivity contribution is 6.13. The summed E-state index contributed by atoms with van der Waals surface area (Å²) in [5, 5.41) is 1.81. The monoisotopic (exact) mass is 539 g/mol. The van der Waals surface area contributed by atoms with Gasteiger partial charge in [-0.2, -0.15) is 0 Å². The Labute approximate surface area is 229 Å². The molecule has 2 aliphatic heterocycles. The molecule has 0 fully saturated rings. The van der Waals surface area contributed by atoms with Gasteiger partial charge in [-0.3, -0.25) is 4.79 Å². The second-order valence-electron chi connectivity index (χ2n) is 10.8. The molecule has 0 radical (unpaired) electrons. The molecule has 0 aliphatic carbocycles. The predicted molar refractivity (Wildman–Crippen MR) is 149 cm³/mol.